The van der Waals surface area contributed by atoms with Crippen molar-refractivity contribution >= 4 is 22.1 Å². The van der Waals surface area contributed by atoms with Gasteiger partial charge in [0.05, 0.1) is 6.61 Å². The van der Waals surface area contributed by atoms with E-state index in [0.29, 0.717) is 31.1 Å². The van der Waals surface area contributed by atoms with Crippen molar-refractivity contribution in [3.8, 4) is 0 Å². The lowest BCUT2D eigenvalue weighted by atomic mass is 9.44. The lowest BCUT2D eigenvalue weighted by Crippen LogP contribution is -2.67. The molecule has 0 aliphatic heterocycles. The Morgan fingerprint density at radius 1 is 0.909 bits per heavy atom. The van der Waals surface area contributed by atoms with Crippen LogP contribution in [-0.4, -0.2) is 66.9 Å². The van der Waals surface area contributed by atoms with E-state index in [1.807, 2.05) is 0 Å². The van der Waals surface area contributed by atoms with E-state index in [-0.39, 0.29) is 18.6 Å². The summed E-state index contributed by atoms with van der Waals surface area (Å²) >= 11 is 0. The van der Waals surface area contributed by atoms with Crippen molar-refractivity contribution in [3.63, 3.8) is 0 Å². The first kappa shape index (κ1) is 26.0. The van der Waals surface area contributed by atoms with Crippen LogP contribution in [0.4, 0.5) is 26.3 Å². The second-order valence-corrected chi connectivity index (χ2v) is 11.1. The number of alkyl halides is 6. The lowest BCUT2D eigenvalue weighted by Gasteiger charge is -2.61. The molecule has 0 heterocycles. The van der Waals surface area contributed by atoms with Gasteiger partial charge in [-0.05, 0) is 55.8 Å². The molecule has 0 spiro atoms. The van der Waals surface area contributed by atoms with E-state index < -0.39 is 51.2 Å². The molecule has 8 nitrogen and oxygen atoms in total. The van der Waals surface area contributed by atoms with Gasteiger partial charge in [-0.2, -0.15) is 34.8 Å². The van der Waals surface area contributed by atoms with Crippen LogP contribution in [0.3, 0.4) is 0 Å². The highest BCUT2D eigenvalue weighted by Gasteiger charge is 2.85. The highest BCUT2D eigenvalue weighted by atomic mass is 32.2. The largest absolute Gasteiger partial charge is 0.463 e. The van der Waals surface area contributed by atoms with Crippen molar-refractivity contribution in [1.82, 2.24) is 0 Å². The number of aliphatic hydroxyl groups excluding tert-OH is 1. The Labute approximate surface area is 184 Å². The number of aliphatic hydroxyl groups is 1. The van der Waals surface area contributed by atoms with Crippen LogP contribution in [0.1, 0.15) is 38.5 Å². The number of carbonyl (C=O) groups is 2. The Morgan fingerprint density at radius 3 is 1.82 bits per heavy atom. The maximum atomic E-state index is 13.1. The van der Waals surface area contributed by atoms with E-state index in [9.17, 15) is 49.5 Å². The highest BCUT2D eigenvalue weighted by molar-refractivity contribution is 7.88. The summed E-state index contributed by atoms with van der Waals surface area (Å²) < 4.78 is 112. The fourth-order valence-corrected chi connectivity index (χ4v) is 7.15. The summed E-state index contributed by atoms with van der Waals surface area (Å²) in [5, 5.41) is 9.82. The number of carbonyl (C=O) groups excluding carboxylic acids is 2. The maximum absolute atomic E-state index is 13.1. The molecule has 4 fully saturated rings. The molecule has 33 heavy (non-hydrogen) atoms. The predicted octanol–water partition coefficient (Wildman–Crippen LogP) is 2.40. The molecule has 2 unspecified atom stereocenters. The van der Waals surface area contributed by atoms with Gasteiger partial charge in [0.2, 0.25) is 0 Å². The third-order valence-corrected chi connectivity index (χ3v) is 8.38. The van der Waals surface area contributed by atoms with Crippen LogP contribution in [-0.2, 0) is 29.2 Å². The summed E-state index contributed by atoms with van der Waals surface area (Å²) in [4.78, 5) is 23.6. The first-order valence-corrected chi connectivity index (χ1v) is 11.4. The van der Waals surface area contributed by atoms with Crippen molar-refractivity contribution < 1.29 is 63.5 Å². The molecule has 0 amide bonds. The van der Waals surface area contributed by atoms with Crippen LogP contribution in [0.5, 0.6) is 0 Å². The smallest absolute Gasteiger partial charge is 0.430 e. The molecule has 4 aliphatic carbocycles. The number of halogens is 6. The van der Waals surface area contributed by atoms with Gasteiger partial charge in [-0.3, -0.25) is 4.55 Å². The molecule has 0 aromatic rings. The minimum atomic E-state index is -7.14. The van der Waals surface area contributed by atoms with Crippen molar-refractivity contribution in [2.45, 2.75) is 55.6 Å². The molecule has 0 aromatic heterocycles. The first-order chi connectivity index (χ1) is 14.9. The molecule has 4 rings (SSSR count). The van der Waals surface area contributed by atoms with E-state index in [2.05, 4.69) is 4.74 Å². The summed E-state index contributed by atoms with van der Waals surface area (Å²) in [5.74, 6) is -4.31. The Hall–Kier alpha value is -1.61. The van der Waals surface area contributed by atoms with Crippen molar-refractivity contribution in [3.05, 3.63) is 0 Å². The molecule has 15 heteroatoms. The van der Waals surface area contributed by atoms with Gasteiger partial charge >= 0.3 is 39.2 Å². The van der Waals surface area contributed by atoms with Gasteiger partial charge in [0, 0.05) is 12.0 Å². The van der Waals surface area contributed by atoms with Gasteiger partial charge in [0.1, 0.15) is 0 Å². The molecular weight excluding hydrogens is 490 g/mol. The molecular formula is C18H22F6O8S. The van der Waals surface area contributed by atoms with Gasteiger partial charge in [0.15, 0.2) is 6.61 Å². The zero-order chi connectivity index (χ0) is 25.1. The maximum Gasteiger partial charge on any atom is 0.430 e. The summed E-state index contributed by atoms with van der Waals surface area (Å²) in [6.07, 6.45) is -9.19. The van der Waals surface area contributed by atoms with E-state index in [1.54, 1.807) is 0 Å². The molecule has 2 atom stereocenters. The zero-order valence-electron chi connectivity index (χ0n) is 17.0. The fraction of sp³-hybridized carbons (Fsp3) is 0.889. The first-order valence-electron chi connectivity index (χ1n) is 9.95. The van der Waals surface area contributed by atoms with E-state index >= 15 is 0 Å². The molecule has 190 valence electrons. The third-order valence-electron chi connectivity index (χ3n) is 6.97. The number of hydrogen-bond acceptors (Lipinski definition) is 7. The van der Waals surface area contributed by atoms with E-state index in [4.69, 9.17) is 9.29 Å². The quantitative estimate of drug-likeness (QED) is 0.303. The third kappa shape index (κ3) is 4.31. The van der Waals surface area contributed by atoms with Crippen LogP contribution in [0.2, 0.25) is 0 Å². The normalized spacial score (nSPS) is 32.0. The number of ether oxygens (including phenoxy) is 2. The Bertz CT molecular complexity index is 884. The van der Waals surface area contributed by atoms with Gasteiger partial charge in [-0.15, -0.1) is 0 Å². The number of rotatable bonds is 7. The summed E-state index contributed by atoms with van der Waals surface area (Å²) in [7, 11) is -7.14. The van der Waals surface area contributed by atoms with Crippen molar-refractivity contribution in [2.75, 3.05) is 19.8 Å². The number of hydrogen-bond donors (Lipinski definition) is 2. The van der Waals surface area contributed by atoms with Gasteiger partial charge in [-0.1, -0.05) is 0 Å². The topological polar surface area (TPSA) is 127 Å². The van der Waals surface area contributed by atoms with Gasteiger partial charge in [0.25, 0.3) is 0 Å². The summed E-state index contributed by atoms with van der Waals surface area (Å²) in [5.41, 5.74) is -0.833. The minimum Gasteiger partial charge on any atom is -0.463 e. The van der Waals surface area contributed by atoms with Crippen molar-refractivity contribution in [1.29, 1.82) is 0 Å². The van der Waals surface area contributed by atoms with Crippen LogP contribution in [0.15, 0.2) is 0 Å². The number of esters is 2. The summed E-state index contributed by atoms with van der Waals surface area (Å²) in [6, 6.07) is 0. The predicted molar refractivity (Wildman–Crippen MR) is 94.9 cm³/mol. The summed E-state index contributed by atoms with van der Waals surface area (Å²) in [6.45, 7) is -2.02. The molecule has 4 aliphatic rings. The van der Waals surface area contributed by atoms with Crippen LogP contribution >= 0.6 is 0 Å². The molecule has 0 saturated heterocycles. The second kappa shape index (κ2) is 7.97. The molecule has 2 N–H and O–H groups in total. The fourth-order valence-electron chi connectivity index (χ4n) is 6.29. The Kier molecular flexibility index (Phi) is 6.28. The van der Waals surface area contributed by atoms with E-state index in [1.165, 1.54) is 0 Å². The average molecular weight is 512 g/mol. The lowest BCUT2D eigenvalue weighted by molar-refractivity contribution is -0.268. The molecule has 0 aromatic carbocycles. The molecule has 4 saturated carbocycles. The molecule has 4 bridgehead atoms. The Morgan fingerprint density at radius 2 is 1.39 bits per heavy atom. The van der Waals surface area contributed by atoms with E-state index in [0.717, 1.165) is 19.3 Å². The van der Waals surface area contributed by atoms with Gasteiger partial charge in [-0.25, -0.2) is 9.59 Å². The van der Waals surface area contributed by atoms with Crippen LogP contribution in [0, 0.1) is 22.7 Å². The standard InChI is InChI=1S/C18H22F6O8S/c19-17(20,21)16(18(22,23)24,33(28,29)30)13(27)31-6-12(26)32-9-15-4-10-1-11(5-15)3-14(2-10,7-15)8-25/h10-11,25H,1-9H2,(H,28,29,30). The zero-order valence-corrected chi connectivity index (χ0v) is 17.9. The van der Waals surface area contributed by atoms with Crippen LogP contribution < -0.4 is 0 Å². The minimum absolute atomic E-state index is 0.0556. The SMILES string of the molecule is O=C(COC(=O)C(C(F)(F)F)(C(F)(F)F)S(=O)(=O)O)OCC12CC3CC(CC(CO)(C3)C1)C2. The molecule has 0 radical (unpaired) electrons. The average Bonchev–Trinajstić information content (AvgIpc) is 2.60. The highest BCUT2D eigenvalue weighted by Crippen LogP contribution is 2.65. The monoisotopic (exact) mass is 512 g/mol. The van der Waals surface area contributed by atoms with Crippen molar-refractivity contribution in [2.24, 2.45) is 22.7 Å². The van der Waals surface area contributed by atoms with Crippen LogP contribution in [0.25, 0.3) is 0 Å². The second-order valence-electron chi connectivity index (χ2n) is 9.51. The van der Waals surface area contributed by atoms with Gasteiger partial charge < -0.3 is 14.6 Å². The Balaban J connectivity index is 1.67.